The Bertz CT molecular complexity index is 627. The summed E-state index contributed by atoms with van der Waals surface area (Å²) in [5, 5.41) is 6.75. The summed E-state index contributed by atoms with van der Waals surface area (Å²) in [6, 6.07) is 14.9. The van der Waals surface area contributed by atoms with Crippen LogP contribution in [0.4, 0.5) is 0 Å². The van der Waals surface area contributed by atoms with Gasteiger partial charge in [0.1, 0.15) is 0 Å². The van der Waals surface area contributed by atoms with E-state index in [4.69, 9.17) is 0 Å². The van der Waals surface area contributed by atoms with Gasteiger partial charge in [0.25, 0.3) is 0 Å². The Morgan fingerprint density at radius 2 is 1.88 bits per heavy atom. The molecule has 2 aromatic rings. The highest BCUT2D eigenvalue weighted by molar-refractivity contribution is 14.0. The molecule has 4 nitrogen and oxygen atoms in total. The minimum absolute atomic E-state index is 0. The Morgan fingerprint density at radius 3 is 2.52 bits per heavy atom. The molecular weight excluding hydrogens is 443 g/mol. The van der Waals surface area contributed by atoms with Gasteiger partial charge < -0.3 is 15.5 Å². The maximum absolute atomic E-state index is 4.28. The molecule has 0 amide bonds. The average molecular weight is 472 g/mol. The number of nitrogens with zero attached hydrogens (tertiary/aromatic N) is 2. The first-order valence-electron chi connectivity index (χ1n) is 8.39. The van der Waals surface area contributed by atoms with Crippen LogP contribution in [-0.4, -0.2) is 38.0 Å². The van der Waals surface area contributed by atoms with E-state index < -0.39 is 0 Å². The fourth-order valence-corrected chi connectivity index (χ4v) is 3.33. The molecule has 0 aliphatic heterocycles. The van der Waals surface area contributed by atoms with Gasteiger partial charge in [-0.1, -0.05) is 30.3 Å². The van der Waals surface area contributed by atoms with Crippen LogP contribution in [0.2, 0.25) is 0 Å². The maximum Gasteiger partial charge on any atom is 0.191 e. The summed E-state index contributed by atoms with van der Waals surface area (Å²) in [6.07, 6.45) is 1.09. The Hall–Kier alpha value is -1.12. The van der Waals surface area contributed by atoms with Gasteiger partial charge >= 0.3 is 0 Å². The number of guanidine groups is 1. The second-order valence-corrected chi connectivity index (χ2v) is 7.31. The van der Waals surface area contributed by atoms with Crippen molar-refractivity contribution in [2.24, 2.45) is 4.99 Å². The summed E-state index contributed by atoms with van der Waals surface area (Å²) in [5.74, 6) is 0.867. The zero-order valence-electron chi connectivity index (χ0n) is 15.3. The number of nitrogens with one attached hydrogen (secondary N) is 2. The first-order chi connectivity index (χ1) is 11.7. The predicted molar refractivity (Wildman–Crippen MR) is 120 cm³/mol. The molecule has 0 bridgehead atoms. The number of benzene rings is 1. The largest absolute Gasteiger partial charge is 0.356 e. The van der Waals surface area contributed by atoms with E-state index in [1.807, 2.05) is 18.4 Å². The highest BCUT2D eigenvalue weighted by Gasteiger charge is 2.02. The highest BCUT2D eigenvalue weighted by atomic mass is 127. The van der Waals surface area contributed by atoms with Gasteiger partial charge in [0, 0.05) is 29.9 Å². The lowest BCUT2D eigenvalue weighted by Crippen LogP contribution is -2.38. The quantitative estimate of drug-likeness (QED) is 0.265. The van der Waals surface area contributed by atoms with Gasteiger partial charge in [-0.15, -0.1) is 35.3 Å². The molecular formula is C19H29IN4S. The molecule has 0 spiro atoms. The van der Waals surface area contributed by atoms with Crippen molar-refractivity contribution < 1.29 is 0 Å². The van der Waals surface area contributed by atoms with Crippen LogP contribution in [0.25, 0.3) is 0 Å². The minimum atomic E-state index is 0. The third-order valence-electron chi connectivity index (χ3n) is 3.75. The van der Waals surface area contributed by atoms with Crippen LogP contribution in [0.15, 0.2) is 47.5 Å². The summed E-state index contributed by atoms with van der Waals surface area (Å²) in [7, 11) is 3.98. The number of rotatable bonds is 8. The normalized spacial score (nSPS) is 11.3. The topological polar surface area (TPSA) is 39.7 Å². The van der Waals surface area contributed by atoms with E-state index >= 15 is 0 Å². The summed E-state index contributed by atoms with van der Waals surface area (Å²) in [4.78, 5) is 9.30. The second kappa shape index (κ2) is 12.3. The molecule has 0 fully saturated rings. The molecule has 6 heteroatoms. The van der Waals surface area contributed by atoms with Crippen LogP contribution in [-0.2, 0) is 13.1 Å². The monoisotopic (exact) mass is 472 g/mol. The number of halogens is 1. The van der Waals surface area contributed by atoms with Gasteiger partial charge in [-0.3, -0.25) is 4.99 Å². The van der Waals surface area contributed by atoms with Gasteiger partial charge in [0.2, 0.25) is 0 Å². The lowest BCUT2D eigenvalue weighted by atomic mass is 10.2. The molecule has 0 atom stereocenters. The molecule has 0 saturated heterocycles. The van der Waals surface area contributed by atoms with Crippen molar-refractivity contribution in [1.29, 1.82) is 0 Å². The lowest BCUT2D eigenvalue weighted by molar-refractivity contribution is 0.322. The van der Waals surface area contributed by atoms with Gasteiger partial charge in [-0.2, -0.15) is 0 Å². The van der Waals surface area contributed by atoms with Crippen molar-refractivity contribution in [2.75, 3.05) is 27.2 Å². The molecule has 1 aromatic carbocycles. The summed E-state index contributed by atoms with van der Waals surface area (Å²) < 4.78 is 0. The van der Waals surface area contributed by atoms with Crippen molar-refractivity contribution in [3.05, 3.63) is 57.8 Å². The fourth-order valence-electron chi connectivity index (χ4n) is 2.50. The van der Waals surface area contributed by atoms with Crippen LogP contribution in [0, 0.1) is 6.92 Å². The molecule has 0 saturated carbocycles. The standard InChI is InChI=1S/C19H28N4S.HI/c1-16-10-11-18(24-16)14-22-19(20-2)21-12-7-13-23(3)15-17-8-5-4-6-9-17;/h4-6,8-11H,7,12-15H2,1-3H3,(H2,20,21,22);1H. The molecule has 2 N–H and O–H groups in total. The van der Waals surface area contributed by atoms with E-state index in [1.54, 1.807) is 0 Å². The zero-order chi connectivity index (χ0) is 17.2. The number of aryl methyl sites for hydroxylation is 1. The summed E-state index contributed by atoms with van der Waals surface area (Å²) in [5.41, 5.74) is 1.36. The fraction of sp³-hybridized carbons (Fsp3) is 0.421. The Labute approximate surface area is 172 Å². The molecule has 138 valence electrons. The Kier molecular flexibility index (Phi) is 10.8. The van der Waals surface area contributed by atoms with Crippen LogP contribution in [0.3, 0.4) is 0 Å². The highest BCUT2D eigenvalue weighted by Crippen LogP contribution is 2.14. The Morgan fingerprint density at radius 1 is 1.12 bits per heavy atom. The van der Waals surface area contributed by atoms with Gasteiger partial charge in [-0.05, 0) is 44.6 Å². The van der Waals surface area contributed by atoms with E-state index in [0.29, 0.717) is 0 Å². The third-order valence-corrected chi connectivity index (χ3v) is 4.75. The van der Waals surface area contributed by atoms with Crippen LogP contribution in [0.5, 0.6) is 0 Å². The van der Waals surface area contributed by atoms with Crippen molar-refractivity contribution >= 4 is 41.3 Å². The van der Waals surface area contributed by atoms with Crippen molar-refractivity contribution in [1.82, 2.24) is 15.5 Å². The molecule has 0 aliphatic rings. The molecule has 0 radical (unpaired) electrons. The second-order valence-electron chi connectivity index (χ2n) is 5.94. The van der Waals surface area contributed by atoms with Crippen LogP contribution in [0.1, 0.15) is 21.7 Å². The molecule has 1 heterocycles. The average Bonchev–Trinajstić information content (AvgIpc) is 3.00. The van der Waals surface area contributed by atoms with E-state index in [2.05, 4.69) is 77.0 Å². The summed E-state index contributed by atoms with van der Waals surface area (Å²) >= 11 is 1.82. The van der Waals surface area contributed by atoms with Crippen LogP contribution >= 0.6 is 35.3 Å². The third kappa shape index (κ3) is 8.69. The van der Waals surface area contributed by atoms with Gasteiger partial charge in [0.15, 0.2) is 5.96 Å². The van der Waals surface area contributed by atoms with Crippen molar-refractivity contribution in [3.8, 4) is 0 Å². The minimum Gasteiger partial charge on any atom is -0.356 e. The van der Waals surface area contributed by atoms with Crippen molar-refractivity contribution in [3.63, 3.8) is 0 Å². The predicted octanol–water partition coefficient (Wildman–Crippen LogP) is 3.86. The SMILES string of the molecule is CN=C(NCCCN(C)Cc1ccccc1)NCc1ccc(C)s1.I. The molecule has 25 heavy (non-hydrogen) atoms. The van der Waals surface area contributed by atoms with E-state index in [-0.39, 0.29) is 24.0 Å². The smallest absolute Gasteiger partial charge is 0.191 e. The van der Waals surface area contributed by atoms with Crippen molar-refractivity contribution in [2.45, 2.75) is 26.4 Å². The lowest BCUT2D eigenvalue weighted by Gasteiger charge is -2.17. The number of thiophene rings is 1. The molecule has 1 aromatic heterocycles. The van der Waals surface area contributed by atoms with E-state index in [1.165, 1.54) is 15.3 Å². The first-order valence-corrected chi connectivity index (χ1v) is 9.21. The maximum atomic E-state index is 4.28. The number of aliphatic imine (C=N–C) groups is 1. The van der Waals surface area contributed by atoms with E-state index in [9.17, 15) is 0 Å². The Balaban J connectivity index is 0.00000312. The molecule has 0 aliphatic carbocycles. The molecule has 0 unspecified atom stereocenters. The van der Waals surface area contributed by atoms with Crippen LogP contribution < -0.4 is 10.6 Å². The van der Waals surface area contributed by atoms with Gasteiger partial charge in [-0.25, -0.2) is 0 Å². The first kappa shape index (κ1) is 21.9. The van der Waals surface area contributed by atoms with Gasteiger partial charge in [0.05, 0.1) is 6.54 Å². The van der Waals surface area contributed by atoms with E-state index in [0.717, 1.165) is 38.6 Å². The summed E-state index contributed by atoms with van der Waals surface area (Å²) in [6.45, 7) is 5.93. The molecule has 2 rings (SSSR count). The number of hydrogen-bond acceptors (Lipinski definition) is 3. The zero-order valence-corrected chi connectivity index (χ0v) is 18.4. The number of hydrogen-bond donors (Lipinski definition) is 2.